The van der Waals surface area contributed by atoms with Gasteiger partial charge in [-0.25, -0.2) is 9.97 Å². The number of carbonyl (C=O) groups is 1. The summed E-state index contributed by atoms with van der Waals surface area (Å²) in [4.78, 5) is 30.2. The van der Waals surface area contributed by atoms with Crippen LogP contribution in [0.2, 0.25) is 0 Å². The van der Waals surface area contributed by atoms with Gasteiger partial charge in [0.2, 0.25) is 11.9 Å². The van der Waals surface area contributed by atoms with Crippen molar-refractivity contribution in [2.75, 3.05) is 68.7 Å². The highest BCUT2D eigenvalue weighted by atomic mass is 16.2. The summed E-state index contributed by atoms with van der Waals surface area (Å²) in [6.45, 7) is 8.00. The maximum absolute atomic E-state index is 12.6. The summed E-state index contributed by atoms with van der Waals surface area (Å²) in [5, 5.41) is 0. The van der Waals surface area contributed by atoms with Crippen molar-refractivity contribution in [1.82, 2.24) is 19.8 Å². The number of hydrogen-bond acceptors (Lipinski definition) is 6. The third-order valence-electron chi connectivity index (χ3n) is 5.60. The number of piperazine rings is 2. The van der Waals surface area contributed by atoms with Crippen LogP contribution < -0.4 is 9.80 Å². The van der Waals surface area contributed by atoms with E-state index in [1.807, 2.05) is 17.0 Å². The molecule has 0 atom stereocenters. The van der Waals surface area contributed by atoms with Gasteiger partial charge < -0.3 is 14.7 Å². The van der Waals surface area contributed by atoms with Gasteiger partial charge in [-0.15, -0.1) is 0 Å². The Labute approximate surface area is 166 Å². The average Bonchev–Trinajstić information content (AvgIpc) is 2.79. The molecule has 0 unspecified atom stereocenters. The van der Waals surface area contributed by atoms with E-state index < -0.39 is 0 Å². The summed E-state index contributed by atoms with van der Waals surface area (Å²) in [6.07, 6.45) is 4.17. The molecule has 7 heteroatoms. The fraction of sp³-hybridized carbons (Fsp3) is 0.476. The predicted molar refractivity (Wildman–Crippen MR) is 111 cm³/mol. The molecule has 2 aliphatic heterocycles. The van der Waals surface area contributed by atoms with Crippen molar-refractivity contribution in [3.05, 3.63) is 48.8 Å². The molecule has 2 aliphatic rings. The van der Waals surface area contributed by atoms with Crippen LogP contribution in [0.25, 0.3) is 0 Å². The molecule has 1 aromatic carbocycles. The van der Waals surface area contributed by atoms with Gasteiger partial charge in [-0.1, -0.05) is 18.2 Å². The molecule has 0 N–H and O–H groups in total. The largest absolute Gasteiger partial charge is 0.368 e. The Hall–Kier alpha value is -2.67. The van der Waals surface area contributed by atoms with E-state index in [1.165, 1.54) is 5.69 Å². The normalized spacial score (nSPS) is 18.4. The van der Waals surface area contributed by atoms with Crippen molar-refractivity contribution in [3.8, 4) is 0 Å². The first-order valence-corrected chi connectivity index (χ1v) is 10.1. The minimum absolute atomic E-state index is 0.279. The van der Waals surface area contributed by atoms with Gasteiger partial charge in [0.05, 0.1) is 0 Å². The quantitative estimate of drug-likeness (QED) is 0.780. The maximum Gasteiger partial charge on any atom is 0.225 e. The van der Waals surface area contributed by atoms with Crippen LogP contribution in [0, 0.1) is 0 Å². The highest BCUT2D eigenvalue weighted by Gasteiger charge is 2.23. The van der Waals surface area contributed by atoms with Crippen molar-refractivity contribution < 1.29 is 4.79 Å². The zero-order valence-corrected chi connectivity index (χ0v) is 16.3. The minimum atomic E-state index is 0.279. The fourth-order valence-corrected chi connectivity index (χ4v) is 3.89. The lowest BCUT2D eigenvalue weighted by atomic mass is 10.2. The van der Waals surface area contributed by atoms with Crippen LogP contribution in [0.3, 0.4) is 0 Å². The molecular weight excluding hydrogens is 352 g/mol. The molecule has 1 aromatic heterocycles. The zero-order chi connectivity index (χ0) is 19.2. The van der Waals surface area contributed by atoms with Crippen LogP contribution >= 0.6 is 0 Å². The topological polar surface area (TPSA) is 55.8 Å². The van der Waals surface area contributed by atoms with Crippen LogP contribution in [0.4, 0.5) is 11.6 Å². The fourth-order valence-electron chi connectivity index (χ4n) is 3.89. The van der Waals surface area contributed by atoms with E-state index in [9.17, 15) is 4.79 Å². The Morgan fingerprint density at radius 1 is 0.786 bits per heavy atom. The van der Waals surface area contributed by atoms with E-state index in [-0.39, 0.29) is 5.91 Å². The molecule has 0 saturated carbocycles. The van der Waals surface area contributed by atoms with Crippen molar-refractivity contribution in [2.24, 2.45) is 0 Å². The van der Waals surface area contributed by atoms with Crippen LogP contribution in [0.5, 0.6) is 0 Å². The van der Waals surface area contributed by atoms with Crippen LogP contribution in [-0.2, 0) is 4.79 Å². The summed E-state index contributed by atoms with van der Waals surface area (Å²) in [7, 11) is 0. The van der Waals surface area contributed by atoms with Gasteiger partial charge in [0.25, 0.3) is 0 Å². The monoisotopic (exact) mass is 380 g/mol. The molecule has 0 spiro atoms. The predicted octanol–water partition coefficient (Wildman–Crippen LogP) is 1.34. The van der Waals surface area contributed by atoms with Crippen LogP contribution in [0.1, 0.15) is 6.42 Å². The Balaban J connectivity index is 1.18. The van der Waals surface area contributed by atoms with E-state index in [0.29, 0.717) is 6.42 Å². The number of benzene rings is 1. The summed E-state index contributed by atoms with van der Waals surface area (Å²) >= 11 is 0. The average molecular weight is 380 g/mol. The van der Waals surface area contributed by atoms with E-state index in [0.717, 1.165) is 64.9 Å². The molecule has 2 aromatic rings. The zero-order valence-electron chi connectivity index (χ0n) is 16.3. The van der Waals surface area contributed by atoms with Crippen LogP contribution in [0.15, 0.2) is 48.8 Å². The van der Waals surface area contributed by atoms with E-state index in [1.54, 1.807) is 12.4 Å². The first-order chi connectivity index (χ1) is 13.8. The number of amides is 1. The highest BCUT2D eigenvalue weighted by Crippen LogP contribution is 2.16. The molecule has 4 rings (SSSR count). The van der Waals surface area contributed by atoms with Crippen molar-refractivity contribution in [1.29, 1.82) is 0 Å². The molecule has 2 fully saturated rings. The lowest BCUT2D eigenvalue weighted by Gasteiger charge is -2.37. The molecule has 28 heavy (non-hydrogen) atoms. The third-order valence-corrected chi connectivity index (χ3v) is 5.60. The Kier molecular flexibility index (Phi) is 6.01. The lowest BCUT2D eigenvalue weighted by Crippen LogP contribution is -2.50. The first-order valence-electron chi connectivity index (χ1n) is 10.1. The number of anilines is 2. The number of carbonyl (C=O) groups excluding carboxylic acids is 1. The molecular formula is C21H28N6O. The minimum Gasteiger partial charge on any atom is -0.368 e. The summed E-state index contributed by atoms with van der Waals surface area (Å²) < 4.78 is 0. The van der Waals surface area contributed by atoms with E-state index in [2.05, 4.69) is 48.9 Å². The molecule has 7 nitrogen and oxygen atoms in total. The van der Waals surface area contributed by atoms with Crippen molar-refractivity contribution in [2.45, 2.75) is 6.42 Å². The van der Waals surface area contributed by atoms with Crippen LogP contribution in [-0.4, -0.2) is 84.6 Å². The highest BCUT2D eigenvalue weighted by molar-refractivity contribution is 5.76. The second-order valence-corrected chi connectivity index (χ2v) is 7.33. The van der Waals surface area contributed by atoms with Crippen molar-refractivity contribution in [3.63, 3.8) is 0 Å². The first kappa shape index (κ1) is 18.7. The van der Waals surface area contributed by atoms with Gasteiger partial charge in [-0.3, -0.25) is 9.69 Å². The third kappa shape index (κ3) is 4.59. The van der Waals surface area contributed by atoms with Gasteiger partial charge in [0.1, 0.15) is 0 Å². The maximum atomic E-state index is 12.6. The van der Waals surface area contributed by atoms with Gasteiger partial charge in [0, 0.05) is 83.4 Å². The molecule has 148 valence electrons. The molecule has 0 radical (unpaired) electrons. The van der Waals surface area contributed by atoms with E-state index >= 15 is 0 Å². The summed E-state index contributed by atoms with van der Waals surface area (Å²) in [5.41, 5.74) is 1.25. The molecule has 0 aliphatic carbocycles. The number of rotatable bonds is 5. The molecule has 0 bridgehead atoms. The van der Waals surface area contributed by atoms with Gasteiger partial charge >= 0.3 is 0 Å². The summed E-state index contributed by atoms with van der Waals surface area (Å²) in [5.74, 6) is 1.08. The van der Waals surface area contributed by atoms with Gasteiger partial charge in [-0.2, -0.15) is 0 Å². The summed E-state index contributed by atoms with van der Waals surface area (Å²) in [6, 6.07) is 12.3. The van der Waals surface area contributed by atoms with E-state index in [4.69, 9.17) is 0 Å². The second kappa shape index (κ2) is 9.01. The number of aromatic nitrogens is 2. The number of para-hydroxylation sites is 1. The number of nitrogens with zero attached hydrogens (tertiary/aromatic N) is 6. The smallest absolute Gasteiger partial charge is 0.225 e. The Morgan fingerprint density at radius 2 is 1.43 bits per heavy atom. The second-order valence-electron chi connectivity index (χ2n) is 7.33. The number of hydrogen-bond donors (Lipinski definition) is 0. The lowest BCUT2D eigenvalue weighted by molar-refractivity contribution is -0.131. The molecule has 2 saturated heterocycles. The van der Waals surface area contributed by atoms with Gasteiger partial charge in [0.15, 0.2) is 0 Å². The standard InChI is InChI=1S/C21H28N6O/c28-20(26-17-15-25(16-18-26)19-5-2-1-3-6-19)7-10-24-11-13-27(14-12-24)21-22-8-4-9-23-21/h1-6,8-9H,7,10-18H2. The Bertz CT molecular complexity index is 740. The molecule has 3 heterocycles. The Morgan fingerprint density at radius 3 is 2.11 bits per heavy atom. The molecule has 1 amide bonds. The van der Waals surface area contributed by atoms with Gasteiger partial charge in [-0.05, 0) is 18.2 Å². The van der Waals surface area contributed by atoms with Crippen molar-refractivity contribution >= 4 is 17.5 Å². The SMILES string of the molecule is O=C(CCN1CCN(c2ncccn2)CC1)N1CCN(c2ccccc2)CC1.